The maximum Gasteiger partial charge on any atom is 0.261 e. The van der Waals surface area contributed by atoms with Gasteiger partial charge in [-0.1, -0.05) is 11.2 Å². The lowest BCUT2D eigenvalue weighted by molar-refractivity contribution is -0.137. The first-order chi connectivity index (χ1) is 13.2. The zero-order chi connectivity index (χ0) is 18.6. The molecule has 9 nitrogen and oxygen atoms in total. The summed E-state index contributed by atoms with van der Waals surface area (Å²) in [6, 6.07) is 9.12. The molecule has 1 amide bonds. The van der Waals surface area contributed by atoms with Crippen molar-refractivity contribution in [3.63, 3.8) is 0 Å². The smallest absolute Gasteiger partial charge is 0.261 e. The van der Waals surface area contributed by atoms with Crippen LogP contribution >= 0.6 is 0 Å². The monoisotopic (exact) mass is 368 g/mol. The maximum absolute atomic E-state index is 12.8. The van der Waals surface area contributed by atoms with Gasteiger partial charge in [0.05, 0.1) is 11.7 Å². The molecule has 0 N–H and O–H groups in total. The zero-order valence-electron chi connectivity index (χ0n) is 15.0. The van der Waals surface area contributed by atoms with E-state index in [0.29, 0.717) is 12.3 Å². The van der Waals surface area contributed by atoms with E-state index in [2.05, 4.69) is 20.7 Å². The number of nitrogens with zero attached hydrogens (tertiary/aromatic N) is 6. The first-order valence-electron chi connectivity index (χ1n) is 8.89. The molecule has 3 aromatic rings. The van der Waals surface area contributed by atoms with Gasteiger partial charge in [0.1, 0.15) is 23.5 Å². The number of hydrogen-bond acceptors (Lipinski definition) is 7. The van der Waals surface area contributed by atoms with Gasteiger partial charge in [0.25, 0.3) is 5.91 Å². The van der Waals surface area contributed by atoms with Gasteiger partial charge in [-0.25, -0.2) is 4.68 Å². The van der Waals surface area contributed by atoms with Crippen LogP contribution in [-0.2, 0) is 4.79 Å². The highest BCUT2D eigenvalue weighted by atomic mass is 16.5. The summed E-state index contributed by atoms with van der Waals surface area (Å²) in [5, 5.41) is 15.2. The van der Waals surface area contributed by atoms with Crippen molar-refractivity contribution in [3.05, 3.63) is 48.1 Å². The van der Waals surface area contributed by atoms with Crippen molar-refractivity contribution in [3.8, 4) is 11.4 Å². The number of amides is 1. The fraction of sp³-hybridized carbons (Fsp3) is 0.389. The summed E-state index contributed by atoms with van der Waals surface area (Å²) in [5.41, 5.74) is 1.57. The minimum absolute atomic E-state index is 0.0353. The summed E-state index contributed by atoms with van der Waals surface area (Å²) in [6.45, 7) is 2.52. The molecule has 1 aliphatic heterocycles. The van der Waals surface area contributed by atoms with Crippen LogP contribution in [0.4, 0.5) is 0 Å². The minimum atomic E-state index is -0.0619. The Morgan fingerprint density at radius 1 is 1.33 bits per heavy atom. The van der Waals surface area contributed by atoms with Crippen LogP contribution in [0.5, 0.6) is 5.75 Å². The third-order valence-corrected chi connectivity index (χ3v) is 4.60. The molecule has 4 rings (SSSR count). The van der Waals surface area contributed by atoms with Gasteiger partial charge in [-0.3, -0.25) is 4.79 Å². The van der Waals surface area contributed by atoms with Gasteiger partial charge >= 0.3 is 0 Å². The number of benzene rings is 1. The quantitative estimate of drug-likeness (QED) is 0.680. The van der Waals surface area contributed by atoms with Crippen LogP contribution in [0.2, 0.25) is 0 Å². The number of carbonyl (C=O) groups excluding carboxylic acids is 1. The zero-order valence-corrected chi connectivity index (χ0v) is 15.0. The van der Waals surface area contributed by atoms with Gasteiger partial charge in [-0.2, -0.15) is 0 Å². The van der Waals surface area contributed by atoms with Crippen molar-refractivity contribution in [1.82, 2.24) is 30.3 Å². The highest BCUT2D eigenvalue weighted by Gasteiger charge is 2.30. The Morgan fingerprint density at radius 3 is 3.04 bits per heavy atom. The number of likely N-dealkylation sites (tertiary alicyclic amines) is 1. The Morgan fingerprint density at radius 2 is 2.26 bits per heavy atom. The second kappa shape index (κ2) is 7.56. The van der Waals surface area contributed by atoms with E-state index in [1.807, 2.05) is 30.0 Å². The summed E-state index contributed by atoms with van der Waals surface area (Å²) in [5.74, 6) is 1.27. The molecule has 140 valence electrons. The molecule has 0 spiro atoms. The number of aromatic nitrogens is 5. The normalized spacial score (nSPS) is 17.1. The van der Waals surface area contributed by atoms with Crippen molar-refractivity contribution < 1.29 is 14.1 Å². The molecule has 0 aliphatic carbocycles. The molecule has 1 atom stereocenters. The summed E-state index contributed by atoms with van der Waals surface area (Å²) in [7, 11) is 0. The van der Waals surface area contributed by atoms with Gasteiger partial charge in [0, 0.05) is 18.7 Å². The Bertz CT molecular complexity index is 907. The first-order valence-corrected chi connectivity index (χ1v) is 8.89. The van der Waals surface area contributed by atoms with Crippen molar-refractivity contribution in [2.24, 2.45) is 0 Å². The molecule has 1 aliphatic rings. The number of hydrogen-bond donors (Lipinski definition) is 0. The molecular formula is C18H20N6O3. The molecule has 0 saturated carbocycles. The van der Waals surface area contributed by atoms with Gasteiger partial charge in [0.15, 0.2) is 6.61 Å². The van der Waals surface area contributed by atoms with Gasteiger partial charge in [-0.05, 0) is 48.7 Å². The third kappa shape index (κ3) is 3.81. The van der Waals surface area contributed by atoms with E-state index in [9.17, 15) is 4.79 Å². The predicted molar refractivity (Wildman–Crippen MR) is 94.2 cm³/mol. The second-order valence-corrected chi connectivity index (χ2v) is 6.50. The van der Waals surface area contributed by atoms with Gasteiger partial charge in [-0.15, -0.1) is 5.10 Å². The molecule has 3 heterocycles. The highest BCUT2D eigenvalue weighted by molar-refractivity contribution is 5.78. The van der Waals surface area contributed by atoms with Crippen LogP contribution in [0.25, 0.3) is 5.69 Å². The molecule has 27 heavy (non-hydrogen) atoms. The Balaban J connectivity index is 1.43. The molecule has 1 fully saturated rings. The van der Waals surface area contributed by atoms with E-state index >= 15 is 0 Å². The fourth-order valence-corrected chi connectivity index (χ4v) is 3.30. The van der Waals surface area contributed by atoms with Crippen molar-refractivity contribution in [2.75, 3.05) is 13.2 Å². The summed E-state index contributed by atoms with van der Waals surface area (Å²) in [4.78, 5) is 14.6. The van der Waals surface area contributed by atoms with E-state index in [1.54, 1.807) is 12.1 Å². The number of rotatable bonds is 5. The lowest BCUT2D eigenvalue weighted by Crippen LogP contribution is -2.41. The second-order valence-electron chi connectivity index (χ2n) is 6.50. The Labute approximate surface area is 155 Å². The number of ether oxygens (including phenoxy) is 1. The van der Waals surface area contributed by atoms with Crippen LogP contribution in [0.15, 0.2) is 41.2 Å². The van der Waals surface area contributed by atoms with E-state index in [1.165, 1.54) is 11.0 Å². The van der Waals surface area contributed by atoms with Crippen LogP contribution in [0.3, 0.4) is 0 Å². The summed E-state index contributed by atoms with van der Waals surface area (Å²) in [6.07, 6.45) is 4.43. The number of piperidine rings is 1. The third-order valence-electron chi connectivity index (χ3n) is 4.60. The van der Waals surface area contributed by atoms with E-state index < -0.39 is 0 Å². The number of aryl methyl sites for hydroxylation is 1. The topological polar surface area (TPSA) is 99.2 Å². The average Bonchev–Trinajstić information content (AvgIpc) is 3.38. The minimum Gasteiger partial charge on any atom is -0.484 e. The van der Waals surface area contributed by atoms with Crippen molar-refractivity contribution in [2.45, 2.75) is 32.2 Å². The van der Waals surface area contributed by atoms with Crippen molar-refractivity contribution >= 4 is 5.91 Å². The molecular weight excluding hydrogens is 348 g/mol. The van der Waals surface area contributed by atoms with Gasteiger partial charge < -0.3 is 14.2 Å². The largest absolute Gasteiger partial charge is 0.484 e. The van der Waals surface area contributed by atoms with Crippen LogP contribution in [0, 0.1) is 6.92 Å². The SMILES string of the molecule is Cc1cc(C2CCCCN2C(=O)COc2cccc(-n3cnnn3)c2)no1. The lowest BCUT2D eigenvalue weighted by atomic mass is 9.99. The standard InChI is InChI=1S/C18H20N6O3/c1-13-9-16(20-27-13)17-7-2-3-8-23(17)18(25)11-26-15-6-4-5-14(10-15)24-12-19-21-22-24/h4-6,9-10,12,17H,2-3,7-8,11H2,1H3. The van der Waals surface area contributed by atoms with Gasteiger partial charge in [0.2, 0.25) is 0 Å². The Kier molecular flexibility index (Phi) is 4.82. The lowest BCUT2D eigenvalue weighted by Gasteiger charge is -2.34. The van der Waals surface area contributed by atoms with Crippen LogP contribution < -0.4 is 4.74 Å². The maximum atomic E-state index is 12.8. The molecule has 0 bridgehead atoms. The molecule has 0 radical (unpaired) electrons. The molecule has 2 aromatic heterocycles. The number of tetrazole rings is 1. The molecule has 1 unspecified atom stereocenters. The Hall–Kier alpha value is -3.23. The highest BCUT2D eigenvalue weighted by Crippen LogP contribution is 2.30. The van der Waals surface area contributed by atoms with Crippen LogP contribution in [0.1, 0.15) is 36.8 Å². The molecule has 1 aromatic carbocycles. The average molecular weight is 368 g/mol. The van der Waals surface area contributed by atoms with E-state index in [0.717, 1.165) is 36.4 Å². The number of carbonyl (C=O) groups is 1. The van der Waals surface area contributed by atoms with Crippen LogP contribution in [-0.4, -0.2) is 49.3 Å². The van der Waals surface area contributed by atoms with E-state index in [-0.39, 0.29) is 18.6 Å². The fourth-order valence-electron chi connectivity index (χ4n) is 3.30. The molecule has 1 saturated heterocycles. The summed E-state index contributed by atoms with van der Waals surface area (Å²) >= 11 is 0. The van der Waals surface area contributed by atoms with E-state index in [4.69, 9.17) is 9.26 Å². The first kappa shape index (κ1) is 17.2. The predicted octanol–water partition coefficient (Wildman–Crippen LogP) is 2.09. The van der Waals surface area contributed by atoms with Crippen molar-refractivity contribution in [1.29, 1.82) is 0 Å². The summed E-state index contributed by atoms with van der Waals surface area (Å²) < 4.78 is 12.4. The molecule has 9 heteroatoms.